The molecule has 0 saturated carbocycles. The van der Waals surface area contributed by atoms with Crippen LogP contribution < -0.4 is 13.4 Å². The first kappa shape index (κ1) is 18.4. The summed E-state index contributed by atoms with van der Waals surface area (Å²) < 4.78 is 3.72. The second-order valence-corrected chi connectivity index (χ2v) is 12.1. The van der Waals surface area contributed by atoms with Gasteiger partial charge in [-0.15, -0.1) is 0 Å². The number of halogens is 1. The Morgan fingerprint density at radius 2 is 0.682 bits per heavy atom. The van der Waals surface area contributed by atoms with Gasteiger partial charge in [0, 0.05) is 0 Å². The van der Waals surface area contributed by atoms with Crippen LogP contribution in [0.1, 0.15) is 0 Å². The van der Waals surface area contributed by atoms with E-state index >= 15 is 0 Å². The van der Waals surface area contributed by atoms with Crippen molar-refractivity contribution in [3.63, 3.8) is 0 Å². The molecule has 0 aliphatic carbocycles. The molecular weight excluding hydrogens is 363 g/mol. The fraction of sp³-hybridized carbons (Fsp3) is 0. The third kappa shape index (κ3) is 3.41. The molecule has 3 aromatic carbocycles. The summed E-state index contributed by atoms with van der Waals surface area (Å²) in [5, 5.41) is 0. The molecular formula is C18H19ClO2Se. The van der Waals surface area contributed by atoms with Gasteiger partial charge in [0.1, 0.15) is 0 Å². The van der Waals surface area contributed by atoms with Crippen molar-refractivity contribution in [2.45, 2.75) is 0 Å². The SMILES string of the molecule is Cl[Se](c1ccccc1)(c1ccccc1)c1ccccc1.O.O. The normalized spacial score (nSPS) is 11.0. The average molecular weight is 382 g/mol. The predicted molar refractivity (Wildman–Crippen MR) is 97.1 cm³/mol. The van der Waals surface area contributed by atoms with E-state index in [4.69, 9.17) is 10.1 Å². The summed E-state index contributed by atoms with van der Waals surface area (Å²) in [6.45, 7) is 0. The van der Waals surface area contributed by atoms with Crippen LogP contribution in [0.3, 0.4) is 0 Å². The molecule has 0 amide bonds. The third-order valence-electron chi connectivity index (χ3n) is 3.20. The fourth-order valence-corrected chi connectivity index (χ4v) is 8.90. The molecule has 0 aromatic heterocycles. The first-order chi connectivity index (χ1) is 9.82. The van der Waals surface area contributed by atoms with Gasteiger partial charge in [0.25, 0.3) is 0 Å². The van der Waals surface area contributed by atoms with Gasteiger partial charge in [-0.1, -0.05) is 0 Å². The quantitative estimate of drug-likeness (QED) is 0.613. The molecule has 4 N–H and O–H groups in total. The third-order valence-corrected chi connectivity index (χ3v) is 11.8. The molecule has 3 rings (SSSR count). The van der Waals surface area contributed by atoms with Crippen LogP contribution in [-0.4, -0.2) is 22.9 Å². The van der Waals surface area contributed by atoms with Gasteiger partial charge in [-0.2, -0.15) is 0 Å². The van der Waals surface area contributed by atoms with Crippen molar-refractivity contribution in [1.29, 1.82) is 0 Å². The molecule has 3 aromatic rings. The minimum atomic E-state index is -2.63. The molecule has 0 unspecified atom stereocenters. The van der Waals surface area contributed by atoms with E-state index in [1.807, 2.05) is 18.2 Å². The fourth-order valence-electron chi connectivity index (χ4n) is 2.23. The van der Waals surface area contributed by atoms with Crippen LogP contribution in [0.4, 0.5) is 0 Å². The molecule has 2 nitrogen and oxygen atoms in total. The topological polar surface area (TPSA) is 63.0 Å². The largest absolute Gasteiger partial charge is 0.412 e. The maximum absolute atomic E-state index is 7.27. The molecule has 0 saturated heterocycles. The Kier molecular flexibility index (Phi) is 6.82. The maximum atomic E-state index is 7.27. The number of rotatable bonds is 3. The standard InChI is InChI=1S/C18H15ClSe.2H2O/c19-20(16-10-4-1-5-11-16,17-12-6-2-7-13-17)18-14-8-3-9-15-18;;/h1-15H;2*1H2. The van der Waals surface area contributed by atoms with Gasteiger partial charge in [0.15, 0.2) is 0 Å². The van der Waals surface area contributed by atoms with Gasteiger partial charge in [-0.3, -0.25) is 0 Å². The first-order valence-corrected chi connectivity index (χ1v) is 11.3. The van der Waals surface area contributed by atoms with Crippen molar-refractivity contribution in [1.82, 2.24) is 0 Å². The molecule has 0 radical (unpaired) electrons. The Labute approximate surface area is 137 Å². The second-order valence-electron chi connectivity index (χ2n) is 4.48. The number of hydrogen-bond acceptors (Lipinski definition) is 0. The Hall–Kier alpha value is -1.61. The zero-order valence-corrected chi connectivity index (χ0v) is 14.4. The molecule has 0 bridgehead atoms. The van der Waals surface area contributed by atoms with Gasteiger partial charge in [-0.05, 0) is 0 Å². The van der Waals surface area contributed by atoms with Crippen molar-refractivity contribution in [3.8, 4) is 0 Å². The summed E-state index contributed by atoms with van der Waals surface area (Å²) in [6.07, 6.45) is 0. The minimum absolute atomic E-state index is 0. The molecule has 0 heterocycles. The predicted octanol–water partition coefficient (Wildman–Crippen LogP) is 1.24. The monoisotopic (exact) mass is 382 g/mol. The Morgan fingerprint density at radius 1 is 0.455 bits per heavy atom. The first-order valence-electron chi connectivity index (χ1n) is 6.50. The van der Waals surface area contributed by atoms with Gasteiger partial charge < -0.3 is 11.0 Å². The van der Waals surface area contributed by atoms with Gasteiger partial charge in [0.05, 0.1) is 0 Å². The van der Waals surface area contributed by atoms with Crippen molar-refractivity contribution in [2.24, 2.45) is 0 Å². The van der Waals surface area contributed by atoms with Crippen LogP contribution in [0.15, 0.2) is 91.0 Å². The van der Waals surface area contributed by atoms with Crippen molar-refractivity contribution >= 4 is 35.4 Å². The number of benzene rings is 3. The average Bonchev–Trinajstić information content (AvgIpc) is 2.56. The Morgan fingerprint density at radius 3 is 0.909 bits per heavy atom. The van der Waals surface area contributed by atoms with E-state index in [0.29, 0.717) is 0 Å². The van der Waals surface area contributed by atoms with E-state index in [-0.39, 0.29) is 11.0 Å². The van der Waals surface area contributed by atoms with Crippen LogP contribution >= 0.6 is 10.1 Å². The smallest absolute Gasteiger partial charge is 0.412 e. The number of hydrogen-bond donors (Lipinski definition) is 0. The van der Waals surface area contributed by atoms with Gasteiger partial charge in [0.2, 0.25) is 0 Å². The van der Waals surface area contributed by atoms with Gasteiger partial charge >= 0.3 is 126 Å². The molecule has 0 atom stereocenters. The van der Waals surface area contributed by atoms with Crippen LogP contribution in [0.2, 0.25) is 0 Å². The van der Waals surface area contributed by atoms with Crippen LogP contribution in [0.5, 0.6) is 0 Å². The molecule has 0 spiro atoms. The summed E-state index contributed by atoms with van der Waals surface area (Å²) in [5.41, 5.74) is 0. The van der Waals surface area contributed by atoms with Crippen molar-refractivity contribution < 1.29 is 11.0 Å². The summed E-state index contributed by atoms with van der Waals surface area (Å²) in [7, 11) is 7.27. The van der Waals surface area contributed by atoms with E-state index in [1.165, 1.54) is 13.4 Å². The van der Waals surface area contributed by atoms with Crippen LogP contribution in [0.25, 0.3) is 0 Å². The molecule has 22 heavy (non-hydrogen) atoms. The zero-order valence-electron chi connectivity index (χ0n) is 11.9. The Bertz CT molecular complexity index is 579. The van der Waals surface area contributed by atoms with E-state index < -0.39 is 11.9 Å². The molecule has 116 valence electrons. The minimum Gasteiger partial charge on any atom is -0.412 e. The maximum Gasteiger partial charge on any atom is -0.412 e. The molecule has 4 heteroatoms. The summed E-state index contributed by atoms with van der Waals surface area (Å²) in [5.74, 6) is 0. The summed E-state index contributed by atoms with van der Waals surface area (Å²) >= 11 is -2.63. The van der Waals surface area contributed by atoms with E-state index in [2.05, 4.69) is 72.8 Å². The van der Waals surface area contributed by atoms with E-state index in [9.17, 15) is 0 Å². The van der Waals surface area contributed by atoms with Gasteiger partial charge in [-0.25, -0.2) is 0 Å². The van der Waals surface area contributed by atoms with Crippen LogP contribution in [0, 0.1) is 0 Å². The molecule has 0 fully saturated rings. The van der Waals surface area contributed by atoms with E-state index in [1.54, 1.807) is 0 Å². The summed E-state index contributed by atoms with van der Waals surface area (Å²) in [4.78, 5) is 0. The van der Waals surface area contributed by atoms with Crippen molar-refractivity contribution in [3.05, 3.63) is 91.0 Å². The zero-order chi connectivity index (χ0) is 13.8. The van der Waals surface area contributed by atoms with E-state index in [0.717, 1.165) is 0 Å². The molecule has 0 aliphatic rings. The summed E-state index contributed by atoms with van der Waals surface area (Å²) in [6, 6.07) is 31.4. The Balaban J connectivity index is 0.00000121. The van der Waals surface area contributed by atoms with Crippen molar-refractivity contribution in [2.75, 3.05) is 0 Å². The molecule has 0 aliphatic heterocycles. The second kappa shape index (κ2) is 8.14. The van der Waals surface area contributed by atoms with Crippen LogP contribution in [-0.2, 0) is 0 Å².